The van der Waals surface area contributed by atoms with Gasteiger partial charge in [0.15, 0.2) is 5.78 Å². The average molecular weight is 561 g/mol. The van der Waals surface area contributed by atoms with Crippen LogP contribution in [-0.4, -0.2) is 32.5 Å². The fourth-order valence-electron chi connectivity index (χ4n) is 4.12. The molecule has 3 aromatic rings. The van der Waals surface area contributed by atoms with Gasteiger partial charge in [0.05, 0.1) is 28.4 Å². The summed E-state index contributed by atoms with van der Waals surface area (Å²) in [5.74, 6) is -0.563. The van der Waals surface area contributed by atoms with Crippen LogP contribution < -0.4 is 0 Å². The van der Waals surface area contributed by atoms with Gasteiger partial charge in [-0.1, -0.05) is 17.7 Å². The Labute approximate surface area is 217 Å². The summed E-state index contributed by atoms with van der Waals surface area (Å²) < 4.78 is 97.4. The number of ketones is 1. The zero-order chi connectivity index (χ0) is 28.3. The monoisotopic (exact) mass is 560 g/mol. The standard InChI is InChI=1S/C25H20ClF7N4O/c1-22(2,13-34)10-19(38)17-9-14(3-6-18(17)26)15-11-35-36(12-15)21-8-7-20(37(21)16-4-5-16)23(27,24(28,29)30)25(31,32)33/h3,6-9,11-12,16H,4-5,10H2,1-2H3. The van der Waals surface area contributed by atoms with Crippen LogP contribution in [0.4, 0.5) is 30.7 Å². The molecule has 5 nitrogen and oxygen atoms in total. The fraction of sp³-hybridized carbons (Fsp3) is 0.400. The van der Waals surface area contributed by atoms with Gasteiger partial charge in [0.1, 0.15) is 5.82 Å². The molecule has 1 fully saturated rings. The number of benzene rings is 1. The first kappa shape index (κ1) is 27.7. The second-order valence-corrected chi connectivity index (χ2v) is 10.2. The number of nitrogens with zero attached hydrogens (tertiary/aromatic N) is 4. The normalized spacial score (nSPS) is 15.0. The Kier molecular flexibility index (Phi) is 6.67. The topological polar surface area (TPSA) is 63.6 Å². The molecule has 1 saturated carbocycles. The first-order chi connectivity index (χ1) is 17.5. The maximum absolute atomic E-state index is 14.9. The number of alkyl halides is 7. The van der Waals surface area contributed by atoms with Crippen LogP contribution in [0.5, 0.6) is 0 Å². The molecule has 13 heteroatoms. The van der Waals surface area contributed by atoms with Gasteiger partial charge in [-0.05, 0) is 56.5 Å². The minimum absolute atomic E-state index is 0.104. The predicted octanol–water partition coefficient (Wildman–Crippen LogP) is 7.74. The number of nitriles is 1. The molecule has 1 aliphatic rings. The maximum Gasteiger partial charge on any atom is 0.437 e. The van der Waals surface area contributed by atoms with E-state index in [1.165, 1.54) is 24.5 Å². The average Bonchev–Trinajstić information content (AvgIpc) is 3.36. The molecule has 0 N–H and O–H groups in total. The predicted molar refractivity (Wildman–Crippen MR) is 124 cm³/mol. The zero-order valence-corrected chi connectivity index (χ0v) is 20.7. The van der Waals surface area contributed by atoms with E-state index >= 15 is 0 Å². The van der Waals surface area contributed by atoms with E-state index < -0.39 is 35.2 Å². The highest BCUT2D eigenvalue weighted by atomic mass is 35.5. The second kappa shape index (κ2) is 9.15. The van der Waals surface area contributed by atoms with Crippen molar-refractivity contribution in [1.29, 1.82) is 5.26 Å². The zero-order valence-electron chi connectivity index (χ0n) is 20.0. The highest BCUT2D eigenvalue weighted by Crippen LogP contribution is 2.55. The van der Waals surface area contributed by atoms with Crippen LogP contribution in [0.15, 0.2) is 42.7 Å². The Balaban J connectivity index is 1.75. The number of aromatic nitrogens is 3. The Morgan fingerprint density at radius 1 is 1.05 bits per heavy atom. The van der Waals surface area contributed by atoms with Crippen molar-refractivity contribution in [3.8, 4) is 23.0 Å². The molecule has 1 aliphatic carbocycles. The lowest BCUT2D eigenvalue weighted by molar-refractivity contribution is -0.350. The van der Waals surface area contributed by atoms with E-state index in [2.05, 4.69) is 5.10 Å². The molecule has 1 aromatic carbocycles. The number of carbonyl (C=O) groups excluding carboxylic acids is 1. The molecular formula is C25H20ClF7N4O. The first-order valence-electron chi connectivity index (χ1n) is 11.3. The fourth-order valence-corrected chi connectivity index (χ4v) is 4.35. The molecule has 38 heavy (non-hydrogen) atoms. The minimum Gasteiger partial charge on any atom is -0.323 e. The molecule has 0 unspecified atom stereocenters. The second-order valence-electron chi connectivity index (χ2n) is 9.80. The van der Waals surface area contributed by atoms with Gasteiger partial charge in [-0.25, -0.2) is 9.07 Å². The summed E-state index contributed by atoms with van der Waals surface area (Å²) in [6, 6.07) is 7.18. The van der Waals surface area contributed by atoms with E-state index in [1.54, 1.807) is 19.9 Å². The third-order valence-corrected chi connectivity index (χ3v) is 6.60. The van der Waals surface area contributed by atoms with E-state index in [4.69, 9.17) is 11.6 Å². The van der Waals surface area contributed by atoms with Gasteiger partial charge in [-0.15, -0.1) is 0 Å². The first-order valence-corrected chi connectivity index (χ1v) is 11.7. The Morgan fingerprint density at radius 2 is 1.68 bits per heavy atom. The molecule has 202 valence electrons. The van der Waals surface area contributed by atoms with Gasteiger partial charge in [0.2, 0.25) is 0 Å². The molecule has 0 saturated heterocycles. The van der Waals surface area contributed by atoms with E-state index in [9.17, 15) is 40.8 Å². The lowest BCUT2D eigenvalue weighted by Gasteiger charge is -2.31. The smallest absolute Gasteiger partial charge is 0.323 e. The highest BCUT2D eigenvalue weighted by Gasteiger charge is 2.75. The van der Waals surface area contributed by atoms with E-state index in [1.807, 2.05) is 6.07 Å². The molecule has 0 atom stereocenters. The number of hydrogen-bond acceptors (Lipinski definition) is 3. The lowest BCUT2D eigenvalue weighted by atomic mass is 9.87. The van der Waals surface area contributed by atoms with Crippen molar-refractivity contribution in [3.05, 3.63) is 59.0 Å². The lowest BCUT2D eigenvalue weighted by Crippen LogP contribution is -2.51. The van der Waals surface area contributed by atoms with Crippen molar-refractivity contribution in [2.75, 3.05) is 0 Å². The Bertz CT molecular complexity index is 1410. The maximum atomic E-state index is 14.9. The van der Waals surface area contributed by atoms with Gasteiger partial charge in [0, 0.05) is 29.8 Å². The van der Waals surface area contributed by atoms with Crippen LogP contribution in [0.2, 0.25) is 5.02 Å². The molecule has 0 amide bonds. The van der Waals surface area contributed by atoms with Crippen molar-refractivity contribution >= 4 is 17.4 Å². The van der Waals surface area contributed by atoms with Crippen LogP contribution in [0.1, 0.15) is 55.2 Å². The minimum atomic E-state index is -6.24. The Morgan fingerprint density at radius 3 is 2.24 bits per heavy atom. The van der Waals surface area contributed by atoms with Crippen molar-refractivity contribution in [2.45, 2.75) is 57.2 Å². The largest absolute Gasteiger partial charge is 0.437 e. The van der Waals surface area contributed by atoms with Crippen molar-refractivity contribution in [3.63, 3.8) is 0 Å². The van der Waals surface area contributed by atoms with Crippen molar-refractivity contribution in [1.82, 2.24) is 14.3 Å². The summed E-state index contributed by atoms with van der Waals surface area (Å²) >= 11 is 6.19. The summed E-state index contributed by atoms with van der Waals surface area (Å²) in [5.41, 5.74) is -7.12. The van der Waals surface area contributed by atoms with Gasteiger partial charge >= 0.3 is 18.0 Å². The third kappa shape index (κ3) is 4.79. The van der Waals surface area contributed by atoms with Crippen LogP contribution in [0.25, 0.3) is 16.9 Å². The number of Topliss-reactive ketones (excluding diaryl/α,β-unsaturated/α-hetero) is 1. The third-order valence-electron chi connectivity index (χ3n) is 6.27. The van der Waals surface area contributed by atoms with E-state index in [-0.39, 0.29) is 41.4 Å². The van der Waals surface area contributed by atoms with Crippen LogP contribution in [0, 0.1) is 16.7 Å². The highest BCUT2D eigenvalue weighted by molar-refractivity contribution is 6.34. The summed E-state index contributed by atoms with van der Waals surface area (Å²) in [7, 11) is 0. The molecule has 4 rings (SSSR count). The molecule has 0 aliphatic heterocycles. The molecule has 0 radical (unpaired) electrons. The van der Waals surface area contributed by atoms with E-state index in [0.29, 0.717) is 21.8 Å². The van der Waals surface area contributed by atoms with Crippen LogP contribution in [-0.2, 0) is 5.67 Å². The van der Waals surface area contributed by atoms with E-state index in [0.717, 1.165) is 10.7 Å². The summed E-state index contributed by atoms with van der Waals surface area (Å²) in [4.78, 5) is 12.8. The van der Waals surface area contributed by atoms with Gasteiger partial charge in [-0.3, -0.25) is 4.79 Å². The molecule has 0 bridgehead atoms. The van der Waals surface area contributed by atoms with Crippen LogP contribution in [0.3, 0.4) is 0 Å². The number of rotatable bonds is 7. The summed E-state index contributed by atoms with van der Waals surface area (Å²) in [6.07, 6.45) is -9.39. The van der Waals surface area contributed by atoms with Gasteiger partial charge < -0.3 is 4.57 Å². The summed E-state index contributed by atoms with van der Waals surface area (Å²) in [5, 5.41) is 13.4. The van der Waals surface area contributed by atoms with Crippen molar-refractivity contribution in [2.24, 2.45) is 5.41 Å². The molecule has 0 spiro atoms. The SMILES string of the molecule is CC(C)(C#N)CC(=O)c1cc(-c2cnn(-c3ccc(C(F)(C(F)(F)F)C(F)(F)F)n3C3CC3)c2)ccc1Cl. The van der Waals surface area contributed by atoms with Crippen molar-refractivity contribution < 1.29 is 35.5 Å². The number of halogens is 8. The van der Waals surface area contributed by atoms with Crippen LogP contribution >= 0.6 is 11.6 Å². The number of hydrogen-bond donors (Lipinski definition) is 0. The molecule has 2 aromatic heterocycles. The molecular weight excluding hydrogens is 541 g/mol. The van der Waals surface area contributed by atoms with Gasteiger partial charge in [-0.2, -0.15) is 36.7 Å². The Hall–Kier alpha value is -3.33. The number of carbonyl (C=O) groups is 1. The van der Waals surface area contributed by atoms with Gasteiger partial charge in [0.25, 0.3) is 0 Å². The summed E-state index contributed by atoms with van der Waals surface area (Å²) in [6.45, 7) is 3.19. The quantitative estimate of drug-likeness (QED) is 0.219. The molecule has 2 heterocycles.